The lowest BCUT2D eigenvalue weighted by Gasteiger charge is -2.17. The molecule has 0 amide bonds. The van der Waals surface area contributed by atoms with Gasteiger partial charge in [0.2, 0.25) is 0 Å². The maximum absolute atomic E-state index is 10.2. The fourth-order valence-corrected chi connectivity index (χ4v) is 3.23. The molecule has 2 heteroatoms. The summed E-state index contributed by atoms with van der Waals surface area (Å²) >= 11 is 0. The molecule has 2 aromatic carbocycles. The maximum atomic E-state index is 10.2. The zero-order valence-electron chi connectivity index (χ0n) is 16.9. The van der Waals surface area contributed by atoms with Crippen LogP contribution in [0.3, 0.4) is 0 Å². The van der Waals surface area contributed by atoms with Gasteiger partial charge in [0.25, 0.3) is 0 Å². The van der Waals surface area contributed by atoms with Crippen molar-refractivity contribution in [3.05, 3.63) is 58.7 Å². The van der Waals surface area contributed by atoms with E-state index in [1.165, 1.54) is 11.1 Å². The van der Waals surface area contributed by atoms with Crippen LogP contribution in [-0.2, 0) is 12.8 Å². The van der Waals surface area contributed by atoms with Gasteiger partial charge in [0.1, 0.15) is 11.5 Å². The fraction of sp³-hybridized carbons (Fsp3) is 0.500. The van der Waals surface area contributed by atoms with Gasteiger partial charge in [-0.3, -0.25) is 0 Å². The van der Waals surface area contributed by atoms with Gasteiger partial charge in [-0.25, -0.2) is 0 Å². The van der Waals surface area contributed by atoms with Crippen LogP contribution >= 0.6 is 0 Å². The lowest BCUT2D eigenvalue weighted by atomic mass is 9.89. The number of rotatable bonds is 8. The van der Waals surface area contributed by atoms with Crippen LogP contribution in [-0.4, -0.2) is 10.2 Å². The van der Waals surface area contributed by atoms with Crippen LogP contribution in [0.25, 0.3) is 0 Å². The lowest BCUT2D eigenvalue weighted by Crippen LogP contribution is -2.01. The highest BCUT2D eigenvalue weighted by Crippen LogP contribution is 2.32. The average molecular weight is 355 g/mol. The second kappa shape index (κ2) is 9.12. The molecule has 26 heavy (non-hydrogen) atoms. The highest BCUT2D eigenvalue weighted by Gasteiger charge is 2.14. The van der Waals surface area contributed by atoms with E-state index in [9.17, 15) is 10.2 Å². The molecule has 2 N–H and O–H groups in total. The Hall–Kier alpha value is -1.96. The molecule has 0 atom stereocenters. The second-order valence-corrected chi connectivity index (χ2v) is 8.36. The van der Waals surface area contributed by atoms with Crippen LogP contribution in [0.4, 0.5) is 0 Å². The predicted octanol–water partition coefficient (Wildman–Crippen LogP) is 6.43. The van der Waals surface area contributed by atoms with Gasteiger partial charge in [-0.05, 0) is 71.9 Å². The summed E-state index contributed by atoms with van der Waals surface area (Å²) in [6.07, 6.45) is 3.95. The molecular formula is C24H34O2. The number of phenols is 2. The molecule has 0 saturated heterocycles. The molecule has 0 aliphatic heterocycles. The predicted molar refractivity (Wildman–Crippen MR) is 110 cm³/mol. The Morgan fingerprint density at radius 1 is 0.654 bits per heavy atom. The van der Waals surface area contributed by atoms with E-state index < -0.39 is 0 Å². The van der Waals surface area contributed by atoms with Gasteiger partial charge in [0, 0.05) is 5.92 Å². The third-order valence-electron chi connectivity index (χ3n) is 5.19. The van der Waals surface area contributed by atoms with Crippen molar-refractivity contribution in [2.75, 3.05) is 0 Å². The Morgan fingerprint density at radius 3 is 1.38 bits per heavy atom. The van der Waals surface area contributed by atoms with Crippen LogP contribution in [0.5, 0.6) is 11.5 Å². The first-order valence-electron chi connectivity index (χ1n) is 9.91. The molecule has 0 heterocycles. The van der Waals surface area contributed by atoms with Crippen LogP contribution < -0.4 is 0 Å². The van der Waals surface area contributed by atoms with E-state index in [1.807, 2.05) is 24.3 Å². The number of hydrogen-bond donors (Lipinski definition) is 2. The van der Waals surface area contributed by atoms with Crippen molar-refractivity contribution in [3.63, 3.8) is 0 Å². The van der Waals surface area contributed by atoms with E-state index >= 15 is 0 Å². The molecule has 0 aliphatic carbocycles. The number of aromatic hydroxyl groups is 2. The number of aryl methyl sites for hydroxylation is 2. The van der Waals surface area contributed by atoms with Crippen molar-refractivity contribution in [1.29, 1.82) is 0 Å². The summed E-state index contributed by atoms with van der Waals surface area (Å²) in [7, 11) is 0. The topological polar surface area (TPSA) is 40.5 Å². The summed E-state index contributed by atoms with van der Waals surface area (Å²) in [6.45, 7) is 11.0. The number of phenolic OH excluding ortho intramolecular Hbond substituents is 2. The van der Waals surface area contributed by atoms with E-state index in [4.69, 9.17) is 0 Å². The van der Waals surface area contributed by atoms with E-state index in [-0.39, 0.29) is 5.92 Å². The van der Waals surface area contributed by atoms with E-state index in [1.54, 1.807) is 0 Å². The van der Waals surface area contributed by atoms with Crippen LogP contribution in [0.2, 0.25) is 0 Å². The smallest absolute Gasteiger partial charge is 0.118 e. The van der Waals surface area contributed by atoms with Crippen molar-refractivity contribution in [3.8, 4) is 11.5 Å². The van der Waals surface area contributed by atoms with Crippen LogP contribution in [0.1, 0.15) is 75.6 Å². The molecule has 2 rings (SSSR count). The van der Waals surface area contributed by atoms with Gasteiger partial charge in [-0.1, -0.05) is 58.9 Å². The van der Waals surface area contributed by atoms with Gasteiger partial charge < -0.3 is 10.2 Å². The van der Waals surface area contributed by atoms with Crippen molar-refractivity contribution in [1.82, 2.24) is 0 Å². The standard InChI is InChI=1S/C24H34O2/c1-16(2)6-8-21-14-19(10-12-23(21)25)18(5)20-11-13-24(26)22(15-20)9-7-17(3)4/h10-18,25-26H,6-9H2,1-5H3. The first-order chi connectivity index (χ1) is 12.3. The van der Waals surface area contributed by atoms with Crippen molar-refractivity contribution in [2.24, 2.45) is 11.8 Å². The van der Waals surface area contributed by atoms with E-state index in [0.717, 1.165) is 36.8 Å². The Balaban J connectivity index is 2.24. The largest absolute Gasteiger partial charge is 0.508 e. The molecule has 0 fully saturated rings. The Kier molecular flexibility index (Phi) is 7.14. The molecule has 0 aromatic heterocycles. The molecule has 0 radical (unpaired) electrons. The zero-order valence-corrected chi connectivity index (χ0v) is 16.9. The third kappa shape index (κ3) is 5.52. The van der Waals surface area contributed by atoms with Gasteiger partial charge in [0.05, 0.1) is 0 Å². The Bertz CT molecular complexity index is 655. The average Bonchev–Trinajstić information content (AvgIpc) is 2.59. The lowest BCUT2D eigenvalue weighted by molar-refractivity contribution is 0.463. The first-order valence-corrected chi connectivity index (χ1v) is 9.91. The quantitative estimate of drug-likeness (QED) is 0.573. The third-order valence-corrected chi connectivity index (χ3v) is 5.19. The van der Waals surface area contributed by atoms with Gasteiger partial charge >= 0.3 is 0 Å². The number of hydrogen-bond acceptors (Lipinski definition) is 2. The zero-order chi connectivity index (χ0) is 19.3. The summed E-state index contributed by atoms with van der Waals surface area (Å²) in [4.78, 5) is 0. The van der Waals surface area contributed by atoms with Crippen LogP contribution in [0, 0.1) is 11.8 Å². The first kappa shape index (κ1) is 20.4. The summed E-state index contributed by atoms with van der Waals surface area (Å²) < 4.78 is 0. The molecule has 0 spiro atoms. The Morgan fingerprint density at radius 2 is 1.04 bits per heavy atom. The highest BCUT2D eigenvalue weighted by molar-refractivity contribution is 5.44. The minimum atomic E-state index is 0.229. The normalized spacial score (nSPS) is 11.7. The molecule has 0 unspecified atom stereocenters. The second-order valence-electron chi connectivity index (χ2n) is 8.36. The summed E-state index contributed by atoms with van der Waals surface area (Å²) in [5, 5.41) is 20.3. The maximum Gasteiger partial charge on any atom is 0.118 e. The van der Waals surface area contributed by atoms with Crippen molar-refractivity contribution in [2.45, 2.75) is 66.2 Å². The molecule has 0 bridgehead atoms. The van der Waals surface area contributed by atoms with Crippen LogP contribution in [0.15, 0.2) is 36.4 Å². The highest BCUT2D eigenvalue weighted by atomic mass is 16.3. The van der Waals surface area contributed by atoms with E-state index in [2.05, 4.69) is 46.8 Å². The summed E-state index contributed by atoms with van der Waals surface area (Å²) in [5.74, 6) is 2.26. The molecular weight excluding hydrogens is 320 g/mol. The molecule has 0 saturated carbocycles. The van der Waals surface area contributed by atoms with E-state index in [0.29, 0.717) is 23.3 Å². The monoisotopic (exact) mass is 354 g/mol. The van der Waals surface area contributed by atoms with Crippen molar-refractivity contribution < 1.29 is 10.2 Å². The molecule has 142 valence electrons. The summed E-state index contributed by atoms with van der Waals surface area (Å²) in [6, 6.07) is 12.0. The fourth-order valence-electron chi connectivity index (χ4n) is 3.23. The Labute approximate surface area is 158 Å². The minimum Gasteiger partial charge on any atom is -0.508 e. The molecule has 0 aliphatic rings. The molecule has 2 aromatic rings. The minimum absolute atomic E-state index is 0.229. The number of benzene rings is 2. The summed E-state index contributed by atoms with van der Waals surface area (Å²) in [5.41, 5.74) is 4.48. The van der Waals surface area contributed by atoms with Gasteiger partial charge in [-0.15, -0.1) is 0 Å². The van der Waals surface area contributed by atoms with Crippen molar-refractivity contribution >= 4 is 0 Å². The van der Waals surface area contributed by atoms with Gasteiger partial charge in [-0.2, -0.15) is 0 Å². The van der Waals surface area contributed by atoms with Gasteiger partial charge in [0.15, 0.2) is 0 Å². The molecule has 2 nitrogen and oxygen atoms in total. The SMILES string of the molecule is CC(C)CCc1cc(C(C)c2ccc(O)c(CCC(C)C)c2)ccc1O.